The summed E-state index contributed by atoms with van der Waals surface area (Å²) in [6.45, 7) is 3.17. The van der Waals surface area contributed by atoms with Crippen LogP contribution in [0.1, 0.15) is 19.8 Å². The number of unbranched alkanes of at least 4 members (excludes halogenated alkanes) is 1. The van der Waals surface area contributed by atoms with Crippen molar-refractivity contribution in [3.8, 4) is 5.40 Å². The van der Waals surface area contributed by atoms with Crippen LogP contribution >= 0.6 is 11.8 Å². The van der Waals surface area contributed by atoms with Gasteiger partial charge in [-0.05, 0) is 6.42 Å². The number of aromatic nitrogens is 2. The van der Waals surface area contributed by atoms with Gasteiger partial charge in [0.15, 0.2) is 0 Å². The van der Waals surface area contributed by atoms with Gasteiger partial charge < -0.3 is 0 Å². The second-order valence-corrected chi connectivity index (χ2v) is 3.68. The van der Waals surface area contributed by atoms with Crippen molar-refractivity contribution in [3.63, 3.8) is 0 Å². The summed E-state index contributed by atoms with van der Waals surface area (Å²) in [4.78, 5) is 0. The van der Waals surface area contributed by atoms with Crippen LogP contribution in [-0.4, -0.2) is 4.57 Å². The van der Waals surface area contributed by atoms with E-state index in [4.69, 9.17) is 5.26 Å². The summed E-state index contributed by atoms with van der Waals surface area (Å²) in [5, 5.41) is 11.7. The predicted octanol–water partition coefficient (Wildman–Crippen LogP) is 1.69. The molecule has 0 spiro atoms. The van der Waals surface area contributed by atoms with Gasteiger partial charge in [0.25, 0.3) is 0 Å². The molecule has 0 aliphatic heterocycles. The molecule has 4 heteroatoms. The molecule has 0 aromatic carbocycles. The fourth-order valence-corrected chi connectivity index (χ4v) is 1.74. The SMILES string of the molecule is CCCCn1cc[n+](C)c1SC#N. The molecule has 0 aliphatic rings. The Kier molecular flexibility index (Phi) is 3.84. The summed E-state index contributed by atoms with van der Waals surface area (Å²) >= 11 is 1.22. The summed E-state index contributed by atoms with van der Waals surface area (Å²) in [5.74, 6) is 0. The minimum atomic E-state index is 1.00. The standard InChI is InChI=1S/C9H14N3S/c1-3-4-5-12-7-6-11(2)9(12)13-8-10/h6-7H,3-5H2,1-2H3/q+1. The first-order valence-corrected chi connectivity index (χ1v) is 5.22. The first-order valence-electron chi connectivity index (χ1n) is 4.40. The molecule has 13 heavy (non-hydrogen) atoms. The number of thioether (sulfide) groups is 1. The summed E-state index contributed by atoms with van der Waals surface area (Å²) in [6.07, 6.45) is 6.34. The lowest BCUT2D eigenvalue weighted by molar-refractivity contribution is -0.709. The monoisotopic (exact) mass is 196 g/mol. The van der Waals surface area contributed by atoms with E-state index in [1.807, 2.05) is 24.0 Å². The van der Waals surface area contributed by atoms with Crippen LogP contribution in [-0.2, 0) is 13.6 Å². The third-order valence-corrected chi connectivity index (χ3v) is 2.70. The number of nitriles is 1. The van der Waals surface area contributed by atoms with Crippen molar-refractivity contribution < 1.29 is 4.57 Å². The average Bonchev–Trinajstić information content (AvgIpc) is 2.46. The lowest BCUT2D eigenvalue weighted by Crippen LogP contribution is -2.28. The first kappa shape index (κ1) is 10.1. The van der Waals surface area contributed by atoms with E-state index >= 15 is 0 Å². The van der Waals surface area contributed by atoms with Gasteiger partial charge >= 0.3 is 5.16 Å². The van der Waals surface area contributed by atoms with Crippen molar-refractivity contribution in [3.05, 3.63) is 12.4 Å². The van der Waals surface area contributed by atoms with E-state index in [0.717, 1.165) is 18.1 Å². The molecule has 0 N–H and O–H groups in total. The molecule has 0 aliphatic carbocycles. The zero-order valence-corrected chi connectivity index (χ0v) is 8.84. The van der Waals surface area contributed by atoms with Crippen molar-refractivity contribution in [2.24, 2.45) is 7.05 Å². The minimum absolute atomic E-state index is 1.00. The fraction of sp³-hybridized carbons (Fsp3) is 0.556. The van der Waals surface area contributed by atoms with E-state index < -0.39 is 0 Å². The highest BCUT2D eigenvalue weighted by Gasteiger charge is 2.13. The Morgan fingerprint density at radius 2 is 2.46 bits per heavy atom. The first-order chi connectivity index (χ1) is 6.29. The van der Waals surface area contributed by atoms with Crippen LogP contribution in [0.15, 0.2) is 17.6 Å². The molecule has 1 heterocycles. The summed E-state index contributed by atoms with van der Waals surface area (Å²) < 4.78 is 4.10. The Balaban J connectivity index is 2.75. The van der Waals surface area contributed by atoms with E-state index in [-0.39, 0.29) is 0 Å². The number of hydrogen-bond donors (Lipinski definition) is 0. The van der Waals surface area contributed by atoms with Gasteiger partial charge in [0.2, 0.25) is 0 Å². The Hall–Kier alpha value is -0.950. The van der Waals surface area contributed by atoms with Gasteiger partial charge in [0.05, 0.1) is 25.4 Å². The van der Waals surface area contributed by atoms with Crippen LogP contribution < -0.4 is 4.57 Å². The average molecular weight is 196 g/mol. The van der Waals surface area contributed by atoms with E-state index in [0.29, 0.717) is 0 Å². The minimum Gasteiger partial charge on any atom is -0.226 e. The summed E-state index contributed by atoms with van der Waals surface area (Å²) in [7, 11) is 1.96. The molecule has 0 unspecified atom stereocenters. The molecule has 0 amide bonds. The topological polar surface area (TPSA) is 32.6 Å². The van der Waals surface area contributed by atoms with Crippen LogP contribution in [0.25, 0.3) is 0 Å². The number of imidazole rings is 1. The molecule has 70 valence electrons. The van der Waals surface area contributed by atoms with Gasteiger partial charge in [-0.1, -0.05) is 13.3 Å². The highest BCUT2D eigenvalue weighted by atomic mass is 32.2. The number of aryl methyl sites for hydroxylation is 2. The van der Waals surface area contributed by atoms with Crippen LogP contribution in [0.4, 0.5) is 0 Å². The van der Waals surface area contributed by atoms with E-state index in [1.54, 1.807) is 0 Å². The van der Waals surface area contributed by atoms with Crippen LogP contribution in [0.5, 0.6) is 0 Å². The molecule has 0 fully saturated rings. The Morgan fingerprint density at radius 3 is 3.08 bits per heavy atom. The molecule has 0 saturated heterocycles. The molecule has 1 rings (SSSR count). The third-order valence-electron chi connectivity index (χ3n) is 1.91. The Bertz CT molecular complexity index is 311. The maximum absolute atomic E-state index is 8.60. The van der Waals surface area contributed by atoms with Gasteiger partial charge in [0, 0.05) is 0 Å². The maximum Gasteiger partial charge on any atom is 0.332 e. The quantitative estimate of drug-likeness (QED) is 0.417. The lowest BCUT2D eigenvalue weighted by Gasteiger charge is -1.96. The highest BCUT2D eigenvalue weighted by molar-refractivity contribution is 8.03. The van der Waals surface area contributed by atoms with E-state index in [9.17, 15) is 0 Å². The van der Waals surface area contributed by atoms with Crippen molar-refractivity contribution in [1.82, 2.24) is 4.57 Å². The highest BCUT2D eigenvalue weighted by Crippen LogP contribution is 2.12. The van der Waals surface area contributed by atoms with Crippen molar-refractivity contribution in [2.75, 3.05) is 0 Å². The molecule has 0 radical (unpaired) electrons. The molecule has 3 nitrogen and oxygen atoms in total. The van der Waals surface area contributed by atoms with Crippen molar-refractivity contribution in [1.29, 1.82) is 5.26 Å². The third kappa shape index (κ3) is 2.49. The van der Waals surface area contributed by atoms with Crippen molar-refractivity contribution in [2.45, 2.75) is 31.5 Å². The molecular formula is C9H14N3S+. The zero-order valence-electron chi connectivity index (χ0n) is 8.03. The van der Waals surface area contributed by atoms with Gasteiger partial charge in [-0.15, -0.1) is 0 Å². The van der Waals surface area contributed by atoms with Crippen molar-refractivity contribution >= 4 is 11.8 Å². The molecule has 1 aromatic rings. The number of hydrogen-bond acceptors (Lipinski definition) is 2. The molecule has 0 atom stereocenters. The molecule has 0 bridgehead atoms. The summed E-state index contributed by atoms with van der Waals surface area (Å²) in [5.41, 5.74) is 0. The van der Waals surface area contributed by atoms with Gasteiger partial charge in [-0.2, -0.15) is 5.26 Å². The van der Waals surface area contributed by atoms with Crippen LogP contribution in [0, 0.1) is 10.7 Å². The summed E-state index contributed by atoms with van der Waals surface area (Å²) in [6, 6.07) is 0. The van der Waals surface area contributed by atoms with Gasteiger partial charge in [-0.3, -0.25) is 0 Å². The van der Waals surface area contributed by atoms with Crippen LogP contribution in [0.2, 0.25) is 0 Å². The number of thiocyanates is 1. The van der Waals surface area contributed by atoms with E-state index in [2.05, 4.69) is 16.9 Å². The fourth-order valence-electron chi connectivity index (χ4n) is 1.18. The maximum atomic E-state index is 8.60. The smallest absolute Gasteiger partial charge is 0.226 e. The Labute approximate surface area is 83.0 Å². The largest absolute Gasteiger partial charge is 0.332 e. The van der Waals surface area contributed by atoms with Crippen LogP contribution in [0.3, 0.4) is 0 Å². The number of nitrogens with zero attached hydrogens (tertiary/aromatic N) is 3. The lowest BCUT2D eigenvalue weighted by atomic mass is 10.3. The predicted molar refractivity (Wildman–Crippen MR) is 52.0 cm³/mol. The number of rotatable bonds is 4. The molecular weight excluding hydrogens is 182 g/mol. The molecule has 0 saturated carbocycles. The van der Waals surface area contributed by atoms with E-state index in [1.165, 1.54) is 18.2 Å². The van der Waals surface area contributed by atoms with Gasteiger partial charge in [0.1, 0.15) is 17.8 Å². The van der Waals surface area contributed by atoms with Gasteiger partial charge in [-0.25, -0.2) is 9.13 Å². The molecule has 1 aromatic heterocycles. The second kappa shape index (κ2) is 4.93. The normalized spacial score (nSPS) is 9.92. The Morgan fingerprint density at radius 1 is 1.69 bits per heavy atom. The zero-order chi connectivity index (χ0) is 9.68. The second-order valence-electron chi connectivity index (χ2n) is 2.93.